The molecule has 1 unspecified atom stereocenters. The first-order chi connectivity index (χ1) is 16.8. The predicted octanol–water partition coefficient (Wildman–Crippen LogP) is 6.90. The van der Waals surface area contributed by atoms with Crippen molar-refractivity contribution in [2.24, 2.45) is 0 Å². The van der Waals surface area contributed by atoms with Crippen LogP contribution in [0.5, 0.6) is 11.6 Å². The van der Waals surface area contributed by atoms with Crippen LogP contribution in [0.15, 0.2) is 66.7 Å². The number of carbonyl (C=O) groups excluding carboxylic acids is 1. The molecule has 0 aliphatic heterocycles. The normalized spacial score (nSPS) is 15.5. The van der Waals surface area contributed by atoms with Crippen LogP contribution in [-0.2, 0) is 12.6 Å². The molecule has 0 spiro atoms. The summed E-state index contributed by atoms with van der Waals surface area (Å²) in [6, 6.07) is 16.6. The van der Waals surface area contributed by atoms with Crippen molar-refractivity contribution in [3.05, 3.63) is 94.0 Å². The Hall–Kier alpha value is -3.65. The van der Waals surface area contributed by atoms with E-state index < -0.39 is 17.6 Å². The monoisotopic (exact) mass is 497 g/mol. The molecule has 1 heterocycles. The fourth-order valence-corrected chi connectivity index (χ4v) is 4.51. The number of alkyl halides is 3. The topological polar surface area (TPSA) is 64.1 Å². The zero-order chi connectivity index (χ0) is 24.6. The number of aryl methyl sites for hydroxylation is 1. The number of carbonyl (C=O) groups is 1. The Morgan fingerprint density at radius 1 is 1.03 bits per heavy atom. The lowest BCUT2D eigenvalue weighted by molar-refractivity contribution is -0.137. The molecular weight excluding hydrogens is 479 g/mol. The number of halogens is 4. The van der Waals surface area contributed by atoms with Crippen LogP contribution in [0.1, 0.15) is 45.9 Å². The molecule has 1 atom stereocenters. The Bertz CT molecular complexity index is 1420. The molecular formula is C26H19ClF3N3O2. The molecule has 35 heavy (non-hydrogen) atoms. The molecule has 5 rings (SSSR count). The summed E-state index contributed by atoms with van der Waals surface area (Å²) in [6.07, 6.45) is -2.03. The number of hydrogen-bond donors (Lipinski definition) is 1. The van der Waals surface area contributed by atoms with Crippen LogP contribution in [0.2, 0.25) is 5.02 Å². The molecule has 0 saturated heterocycles. The van der Waals surface area contributed by atoms with E-state index in [1.54, 1.807) is 24.3 Å². The highest BCUT2D eigenvalue weighted by molar-refractivity contribution is 6.30. The SMILES string of the molecule is O=C(NC1CCCc2ccc(Cl)cc21)c1c(Oc2cccc(C(F)(F)F)c2)nnc2ccccc12. The highest BCUT2D eigenvalue weighted by Gasteiger charge is 2.31. The van der Waals surface area contributed by atoms with Gasteiger partial charge in [-0.2, -0.15) is 13.2 Å². The third-order valence-electron chi connectivity index (χ3n) is 5.97. The summed E-state index contributed by atoms with van der Waals surface area (Å²) in [5.41, 5.74) is 1.75. The number of rotatable bonds is 4. The van der Waals surface area contributed by atoms with Crippen molar-refractivity contribution in [3.8, 4) is 11.6 Å². The summed E-state index contributed by atoms with van der Waals surface area (Å²) in [5, 5.41) is 12.2. The Labute approximate surface area is 203 Å². The molecule has 1 amide bonds. The van der Waals surface area contributed by atoms with Crippen LogP contribution in [0, 0.1) is 0 Å². The number of nitrogens with one attached hydrogen (secondary N) is 1. The minimum atomic E-state index is -4.54. The second-order valence-electron chi connectivity index (χ2n) is 8.29. The highest BCUT2D eigenvalue weighted by atomic mass is 35.5. The Kier molecular flexibility index (Phi) is 6.06. The second kappa shape index (κ2) is 9.19. The van der Waals surface area contributed by atoms with E-state index in [0.717, 1.165) is 42.5 Å². The van der Waals surface area contributed by atoms with E-state index in [1.165, 1.54) is 12.1 Å². The van der Waals surface area contributed by atoms with Gasteiger partial charge in [0.15, 0.2) is 0 Å². The molecule has 1 aromatic heterocycles. The first-order valence-corrected chi connectivity index (χ1v) is 11.4. The molecule has 4 aromatic rings. The average Bonchev–Trinajstić information content (AvgIpc) is 2.84. The summed E-state index contributed by atoms with van der Waals surface area (Å²) < 4.78 is 45.2. The van der Waals surface area contributed by atoms with Gasteiger partial charge >= 0.3 is 6.18 Å². The van der Waals surface area contributed by atoms with Gasteiger partial charge in [0.05, 0.1) is 17.1 Å². The largest absolute Gasteiger partial charge is 0.437 e. The average molecular weight is 498 g/mol. The molecule has 0 radical (unpaired) electrons. The molecule has 1 aliphatic carbocycles. The third-order valence-corrected chi connectivity index (χ3v) is 6.20. The molecule has 9 heteroatoms. The number of amides is 1. The van der Waals surface area contributed by atoms with Crippen molar-refractivity contribution in [1.29, 1.82) is 0 Å². The van der Waals surface area contributed by atoms with Crippen LogP contribution in [0.25, 0.3) is 10.9 Å². The summed E-state index contributed by atoms with van der Waals surface area (Å²) in [4.78, 5) is 13.6. The summed E-state index contributed by atoms with van der Waals surface area (Å²) >= 11 is 6.20. The van der Waals surface area contributed by atoms with E-state index in [1.807, 2.05) is 18.2 Å². The minimum absolute atomic E-state index is 0.0992. The molecule has 0 saturated carbocycles. The summed E-state index contributed by atoms with van der Waals surface area (Å²) in [7, 11) is 0. The van der Waals surface area contributed by atoms with Crippen LogP contribution in [0.3, 0.4) is 0 Å². The van der Waals surface area contributed by atoms with Crippen molar-refractivity contribution in [2.75, 3.05) is 0 Å². The lowest BCUT2D eigenvalue weighted by Crippen LogP contribution is -2.31. The molecule has 1 aliphatic rings. The van der Waals surface area contributed by atoms with Gasteiger partial charge < -0.3 is 10.1 Å². The van der Waals surface area contributed by atoms with Gasteiger partial charge in [0, 0.05) is 10.4 Å². The van der Waals surface area contributed by atoms with Crippen LogP contribution in [-0.4, -0.2) is 16.1 Å². The molecule has 3 aromatic carbocycles. The molecule has 5 nitrogen and oxygen atoms in total. The van der Waals surface area contributed by atoms with Crippen molar-refractivity contribution < 1.29 is 22.7 Å². The zero-order valence-corrected chi connectivity index (χ0v) is 19.0. The minimum Gasteiger partial charge on any atom is -0.437 e. The van der Waals surface area contributed by atoms with Crippen molar-refractivity contribution >= 4 is 28.4 Å². The lowest BCUT2D eigenvalue weighted by Gasteiger charge is -2.27. The number of hydrogen-bond acceptors (Lipinski definition) is 4. The quantitative estimate of drug-likeness (QED) is 0.333. The van der Waals surface area contributed by atoms with Gasteiger partial charge in [-0.1, -0.05) is 41.9 Å². The number of fused-ring (bicyclic) bond motifs is 2. The number of nitrogens with zero attached hydrogens (tertiary/aromatic N) is 2. The first kappa shape index (κ1) is 23.1. The van der Waals surface area contributed by atoms with Crippen LogP contribution < -0.4 is 10.1 Å². The smallest absolute Gasteiger partial charge is 0.416 e. The van der Waals surface area contributed by atoms with E-state index in [0.29, 0.717) is 15.9 Å². The van der Waals surface area contributed by atoms with E-state index >= 15 is 0 Å². The number of ether oxygens (including phenoxy) is 1. The van der Waals surface area contributed by atoms with E-state index in [9.17, 15) is 18.0 Å². The first-order valence-electron chi connectivity index (χ1n) is 11.0. The molecule has 178 valence electrons. The van der Waals surface area contributed by atoms with Gasteiger partial charge in [0.1, 0.15) is 11.3 Å². The van der Waals surface area contributed by atoms with Crippen molar-refractivity contribution in [1.82, 2.24) is 15.5 Å². The van der Waals surface area contributed by atoms with E-state index in [2.05, 4.69) is 15.5 Å². The maximum atomic E-state index is 13.6. The summed E-state index contributed by atoms with van der Waals surface area (Å²) in [6.45, 7) is 0. The highest BCUT2D eigenvalue weighted by Crippen LogP contribution is 2.35. The van der Waals surface area contributed by atoms with Gasteiger partial charge in [-0.25, -0.2) is 0 Å². The van der Waals surface area contributed by atoms with Crippen LogP contribution >= 0.6 is 11.6 Å². The fourth-order valence-electron chi connectivity index (χ4n) is 4.33. The molecule has 0 fully saturated rings. The Morgan fingerprint density at radius 3 is 2.69 bits per heavy atom. The maximum absolute atomic E-state index is 13.6. The molecule has 0 bridgehead atoms. The van der Waals surface area contributed by atoms with Gasteiger partial charge in [-0.3, -0.25) is 4.79 Å². The lowest BCUT2D eigenvalue weighted by atomic mass is 9.87. The van der Waals surface area contributed by atoms with Crippen molar-refractivity contribution in [3.63, 3.8) is 0 Å². The van der Waals surface area contributed by atoms with Gasteiger partial charge in [0.25, 0.3) is 11.8 Å². The summed E-state index contributed by atoms with van der Waals surface area (Å²) in [5.74, 6) is -0.744. The van der Waals surface area contributed by atoms with Gasteiger partial charge in [-0.15, -0.1) is 10.2 Å². The zero-order valence-electron chi connectivity index (χ0n) is 18.3. The second-order valence-corrected chi connectivity index (χ2v) is 8.72. The predicted molar refractivity (Wildman–Crippen MR) is 126 cm³/mol. The van der Waals surface area contributed by atoms with Gasteiger partial charge in [0.2, 0.25) is 0 Å². The van der Waals surface area contributed by atoms with E-state index in [4.69, 9.17) is 16.3 Å². The fraction of sp³-hybridized carbons (Fsp3) is 0.192. The van der Waals surface area contributed by atoms with Gasteiger partial charge in [-0.05, 0) is 66.8 Å². The maximum Gasteiger partial charge on any atom is 0.416 e. The number of aromatic nitrogens is 2. The third kappa shape index (κ3) is 4.79. The Balaban J connectivity index is 1.53. The van der Waals surface area contributed by atoms with Crippen molar-refractivity contribution in [2.45, 2.75) is 31.5 Å². The number of benzene rings is 3. The van der Waals surface area contributed by atoms with E-state index in [-0.39, 0.29) is 23.2 Å². The molecule has 1 N–H and O–H groups in total. The standard InChI is InChI=1S/C26H19ClF3N3O2/c27-17-12-11-15-5-3-10-21(20(15)14-17)31-24(34)23-19-8-1-2-9-22(19)32-33-25(23)35-18-7-4-6-16(13-18)26(28,29)30/h1-2,4,6-9,11-14,21H,3,5,10H2,(H,31,34). The van der Waals surface area contributed by atoms with Crippen LogP contribution in [0.4, 0.5) is 13.2 Å². The Morgan fingerprint density at radius 2 is 1.86 bits per heavy atom.